The molecule has 0 heterocycles. The number of carboxylic acids is 1. The molecule has 1 amide bonds. The summed E-state index contributed by atoms with van der Waals surface area (Å²) in [4.78, 5) is 25.8. The van der Waals surface area contributed by atoms with Crippen LogP contribution in [0.25, 0.3) is 0 Å². The van der Waals surface area contributed by atoms with E-state index in [1.54, 1.807) is 14.0 Å². The van der Waals surface area contributed by atoms with Crippen LogP contribution in [0, 0.1) is 0 Å². The summed E-state index contributed by atoms with van der Waals surface area (Å²) in [6.07, 6.45) is 1.44. The van der Waals surface area contributed by atoms with Crippen molar-refractivity contribution in [2.75, 3.05) is 13.7 Å². The van der Waals surface area contributed by atoms with Crippen LogP contribution >= 0.6 is 0 Å². The molecule has 132 valence electrons. The van der Waals surface area contributed by atoms with Crippen LogP contribution in [0.1, 0.15) is 38.2 Å². The number of hydrogen-bond acceptors (Lipinski definition) is 4. The van der Waals surface area contributed by atoms with Gasteiger partial charge in [-0.05, 0) is 38.2 Å². The van der Waals surface area contributed by atoms with Gasteiger partial charge in [-0.2, -0.15) is 0 Å². The van der Waals surface area contributed by atoms with Crippen molar-refractivity contribution in [2.45, 2.75) is 50.9 Å². The molecule has 0 bridgehead atoms. The summed E-state index contributed by atoms with van der Waals surface area (Å²) in [7, 11) is 1.63. The quantitative estimate of drug-likeness (QED) is 0.864. The molecule has 24 heavy (non-hydrogen) atoms. The Morgan fingerprint density at radius 2 is 1.88 bits per heavy atom. The highest BCUT2D eigenvalue weighted by atomic mass is 16.6. The van der Waals surface area contributed by atoms with E-state index in [0.717, 1.165) is 5.56 Å². The van der Waals surface area contributed by atoms with Gasteiger partial charge in [-0.1, -0.05) is 30.3 Å². The first-order valence-corrected chi connectivity index (χ1v) is 8.28. The van der Waals surface area contributed by atoms with Crippen molar-refractivity contribution in [3.05, 3.63) is 35.9 Å². The first-order chi connectivity index (χ1) is 11.5. The van der Waals surface area contributed by atoms with Gasteiger partial charge in [0.25, 0.3) is 0 Å². The Hall–Kier alpha value is -2.08. The molecule has 1 fully saturated rings. The second-order valence-corrected chi connectivity index (χ2v) is 6.06. The van der Waals surface area contributed by atoms with E-state index in [2.05, 4.69) is 0 Å². The molecule has 0 atom stereocenters. The summed E-state index contributed by atoms with van der Waals surface area (Å²) < 4.78 is 10.7. The molecule has 2 rings (SSSR count). The molecule has 0 aromatic heterocycles. The number of hydrogen-bond donors (Lipinski definition) is 1. The monoisotopic (exact) mass is 335 g/mol. The number of likely N-dealkylation sites (N-methyl/N-ethyl adjacent to an activating group) is 1. The minimum absolute atomic E-state index is 0.0523. The standard InChI is InChI=1S/C18H25NO5/c1-3-19(17(22)24-13-14-7-5-4-6-8-14)18(16(20)21)11-9-15(23-2)10-12-18/h4-8,15H,3,9-13H2,1-2H3,(H,20,21). The highest BCUT2D eigenvalue weighted by Gasteiger charge is 2.49. The molecule has 1 aromatic carbocycles. The Labute approximate surface area is 142 Å². The van der Waals surface area contributed by atoms with Crippen LogP contribution in [0.15, 0.2) is 30.3 Å². The van der Waals surface area contributed by atoms with E-state index in [1.165, 1.54) is 4.90 Å². The van der Waals surface area contributed by atoms with Crippen LogP contribution in [0.5, 0.6) is 0 Å². The van der Waals surface area contributed by atoms with Crippen LogP contribution < -0.4 is 0 Å². The lowest BCUT2D eigenvalue weighted by Gasteiger charge is -2.43. The average Bonchev–Trinajstić information content (AvgIpc) is 2.61. The molecule has 0 aliphatic heterocycles. The van der Waals surface area contributed by atoms with Gasteiger partial charge < -0.3 is 14.6 Å². The molecule has 1 saturated carbocycles. The number of aliphatic carboxylic acids is 1. The summed E-state index contributed by atoms with van der Waals surface area (Å²) >= 11 is 0. The minimum Gasteiger partial charge on any atom is -0.479 e. The van der Waals surface area contributed by atoms with Gasteiger partial charge >= 0.3 is 12.1 Å². The predicted octanol–water partition coefficient (Wildman–Crippen LogP) is 3.06. The fourth-order valence-corrected chi connectivity index (χ4v) is 3.31. The van der Waals surface area contributed by atoms with E-state index in [1.807, 2.05) is 30.3 Å². The van der Waals surface area contributed by atoms with Crippen molar-refractivity contribution < 1.29 is 24.2 Å². The van der Waals surface area contributed by atoms with Crippen LogP contribution in [0.2, 0.25) is 0 Å². The van der Waals surface area contributed by atoms with Crippen molar-refractivity contribution in [1.82, 2.24) is 4.90 Å². The van der Waals surface area contributed by atoms with Gasteiger partial charge in [0.05, 0.1) is 6.10 Å². The third kappa shape index (κ3) is 3.87. The zero-order valence-electron chi connectivity index (χ0n) is 14.2. The van der Waals surface area contributed by atoms with Crippen LogP contribution in [0.4, 0.5) is 4.79 Å². The van der Waals surface area contributed by atoms with Crippen LogP contribution in [0.3, 0.4) is 0 Å². The molecule has 1 aliphatic rings. The number of ether oxygens (including phenoxy) is 2. The van der Waals surface area contributed by atoms with Crippen molar-refractivity contribution in [1.29, 1.82) is 0 Å². The number of benzene rings is 1. The number of nitrogens with zero attached hydrogens (tertiary/aromatic N) is 1. The van der Waals surface area contributed by atoms with E-state index >= 15 is 0 Å². The summed E-state index contributed by atoms with van der Waals surface area (Å²) in [6, 6.07) is 9.34. The van der Waals surface area contributed by atoms with Gasteiger partial charge in [0, 0.05) is 13.7 Å². The molecule has 1 N–H and O–H groups in total. The van der Waals surface area contributed by atoms with E-state index in [0.29, 0.717) is 25.7 Å². The van der Waals surface area contributed by atoms with Crippen LogP contribution in [-0.2, 0) is 20.9 Å². The number of carbonyl (C=O) groups is 2. The van der Waals surface area contributed by atoms with Gasteiger partial charge in [-0.25, -0.2) is 9.59 Å². The second kappa shape index (κ2) is 8.15. The Kier molecular flexibility index (Phi) is 6.20. The Morgan fingerprint density at radius 1 is 1.25 bits per heavy atom. The molecule has 0 radical (unpaired) electrons. The lowest BCUT2D eigenvalue weighted by atomic mass is 9.79. The Bertz CT molecular complexity index is 552. The second-order valence-electron chi connectivity index (χ2n) is 6.06. The summed E-state index contributed by atoms with van der Waals surface area (Å²) in [5, 5.41) is 9.79. The lowest BCUT2D eigenvalue weighted by molar-refractivity contribution is -0.154. The molecule has 1 aromatic rings. The van der Waals surface area contributed by atoms with E-state index in [4.69, 9.17) is 9.47 Å². The third-order valence-electron chi connectivity index (χ3n) is 4.75. The van der Waals surface area contributed by atoms with Gasteiger partial charge in [-0.15, -0.1) is 0 Å². The fourth-order valence-electron chi connectivity index (χ4n) is 3.31. The molecular formula is C18H25NO5. The van der Waals surface area contributed by atoms with E-state index in [-0.39, 0.29) is 19.3 Å². The van der Waals surface area contributed by atoms with Gasteiger partial charge in [-0.3, -0.25) is 4.90 Å². The number of rotatable bonds is 6. The van der Waals surface area contributed by atoms with Gasteiger partial charge in [0.15, 0.2) is 0 Å². The average molecular weight is 335 g/mol. The normalized spacial score (nSPS) is 23.5. The number of methoxy groups -OCH3 is 1. The number of carbonyl (C=O) groups excluding carboxylic acids is 1. The minimum atomic E-state index is -1.21. The van der Waals surface area contributed by atoms with E-state index < -0.39 is 17.6 Å². The molecule has 0 saturated heterocycles. The topological polar surface area (TPSA) is 76.1 Å². The Morgan fingerprint density at radius 3 is 2.38 bits per heavy atom. The molecule has 1 aliphatic carbocycles. The van der Waals surface area contributed by atoms with Gasteiger partial charge in [0.2, 0.25) is 0 Å². The maximum Gasteiger partial charge on any atom is 0.411 e. The molecule has 0 unspecified atom stereocenters. The largest absolute Gasteiger partial charge is 0.479 e. The summed E-state index contributed by atoms with van der Waals surface area (Å²) in [6.45, 7) is 2.20. The maximum absolute atomic E-state index is 12.5. The zero-order chi connectivity index (χ0) is 17.6. The summed E-state index contributed by atoms with van der Waals surface area (Å²) in [5.74, 6) is -0.976. The lowest BCUT2D eigenvalue weighted by Crippen LogP contribution is -2.59. The highest BCUT2D eigenvalue weighted by Crippen LogP contribution is 2.35. The molecule has 6 nitrogen and oxygen atoms in total. The molecule has 0 spiro atoms. The predicted molar refractivity (Wildman–Crippen MR) is 88.6 cm³/mol. The molecule has 6 heteroatoms. The number of amides is 1. The van der Waals surface area contributed by atoms with Crippen molar-refractivity contribution in [3.63, 3.8) is 0 Å². The summed E-state index contributed by atoms with van der Waals surface area (Å²) in [5.41, 5.74) is -0.341. The van der Waals surface area contributed by atoms with Crippen molar-refractivity contribution in [2.24, 2.45) is 0 Å². The van der Waals surface area contributed by atoms with Crippen molar-refractivity contribution >= 4 is 12.1 Å². The third-order valence-corrected chi connectivity index (χ3v) is 4.75. The Balaban J connectivity index is 2.08. The first kappa shape index (κ1) is 18.3. The first-order valence-electron chi connectivity index (χ1n) is 8.28. The zero-order valence-corrected chi connectivity index (χ0v) is 14.2. The smallest absolute Gasteiger partial charge is 0.411 e. The van der Waals surface area contributed by atoms with E-state index in [9.17, 15) is 14.7 Å². The number of carboxylic acid groups (broad SMARTS) is 1. The molecular weight excluding hydrogens is 310 g/mol. The maximum atomic E-state index is 12.5. The van der Waals surface area contributed by atoms with Crippen molar-refractivity contribution in [3.8, 4) is 0 Å². The highest BCUT2D eigenvalue weighted by molar-refractivity contribution is 5.84. The fraction of sp³-hybridized carbons (Fsp3) is 0.556. The van der Waals surface area contributed by atoms with Crippen LogP contribution in [-0.4, -0.2) is 47.4 Å². The van der Waals surface area contributed by atoms with Gasteiger partial charge in [0.1, 0.15) is 12.1 Å². The SMILES string of the molecule is CCN(C(=O)OCc1ccccc1)C1(C(=O)O)CCC(OC)CC1.